The van der Waals surface area contributed by atoms with E-state index in [2.05, 4.69) is 29.6 Å². The molecule has 2 aromatic carbocycles. The van der Waals surface area contributed by atoms with Gasteiger partial charge in [-0.2, -0.15) is 0 Å². The SMILES string of the molecule is CC(C)C(CNC(=O)OCC1c2ccccc2-c2ccccc21)CC(=O)N1CCOCC1C(=O)O. The molecule has 0 saturated carbocycles. The number of ether oxygens (including phenoxy) is 2. The molecule has 2 N–H and O–H groups in total. The predicted molar refractivity (Wildman–Crippen MR) is 130 cm³/mol. The number of carbonyl (C=O) groups is 3. The number of benzene rings is 2. The van der Waals surface area contributed by atoms with E-state index in [9.17, 15) is 19.5 Å². The van der Waals surface area contributed by atoms with E-state index < -0.39 is 18.1 Å². The number of morpholine rings is 1. The van der Waals surface area contributed by atoms with Crippen molar-refractivity contribution in [2.75, 3.05) is 32.9 Å². The molecular formula is C27H32N2O6. The number of carbonyl (C=O) groups excluding carboxylic acids is 2. The standard InChI is InChI=1S/C27H32N2O6/c1-17(2)18(13-25(30)29-11-12-34-16-24(29)26(31)32)14-28-27(33)35-15-23-21-9-5-3-7-19(21)20-8-4-6-10-22(20)23/h3-10,17-18,23-24H,11-16H2,1-2H3,(H,28,33)(H,31,32). The molecule has 8 nitrogen and oxygen atoms in total. The first-order chi connectivity index (χ1) is 16.9. The Bertz CT molecular complexity index is 1040. The number of amides is 2. The highest BCUT2D eigenvalue weighted by Gasteiger charge is 2.34. The van der Waals surface area contributed by atoms with Crippen LogP contribution in [0.15, 0.2) is 48.5 Å². The number of hydrogen-bond acceptors (Lipinski definition) is 5. The number of hydrogen-bond donors (Lipinski definition) is 2. The van der Waals surface area contributed by atoms with Crippen LogP contribution < -0.4 is 5.32 Å². The van der Waals surface area contributed by atoms with E-state index in [0.29, 0.717) is 6.61 Å². The summed E-state index contributed by atoms with van der Waals surface area (Å²) in [5.41, 5.74) is 4.62. The summed E-state index contributed by atoms with van der Waals surface area (Å²) in [5.74, 6) is -1.38. The molecule has 8 heteroatoms. The van der Waals surface area contributed by atoms with Gasteiger partial charge in [0.05, 0.1) is 13.2 Å². The molecule has 35 heavy (non-hydrogen) atoms. The van der Waals surface area contributed by atoms with Crippen molar-refractivity contribution >= 4 is 18.0 Å². The number of aliphatic carboxylic acids is 1. The van der Waals surface area contributed by atoms with Gasteiger partial charge in [0.25, 0.3) is 0 Å². The average Bonchev–Trinajstić information content (AvgIpc) is 3.18. The molecule has 0 radical (unpaired) electrons. The van der Waals surface area contributed by atoms with Crippen molar-refractivity contribution in [3.8, 4) is 11.1 Å². The van der Waals surface area contributed by atoms with Gasteiger partial charge in [0.1, 0.15) is 6.61 Å². The topological polar surface area (TPSA) is 105 Å². The Kier molecular flexibility index (Phi) is 7.70. The second-order valence-corrected chi connectivity index (χ2v) is 9.43. The highest BCUT2D eigenvalue weighted by atomic mass is 16.5. The minimum atomic E-state index is -1.07. The van der Waals surface area contributed by atoms with Crippen LogP contribution in [0.1, 0.15) is 37.3 Å². The van der Waals surface area contributed by atoms with Crippen molar-refractivity contribution in [3.05, 3.63) is 59.7 Å². The molecule has 4 rings (SSSR count). The third kappa shape index (κ3) is 5.48. The maximum Gasteiger partial charge on any atom is 0.407 e. The second kappa shape index (κ2) is 10.9. The number of carboxylic acids is 1. The smallest absolute Gasteiger partial charge is 0.407 e. The van der Waals surface area contributed by atoms with E-state index in [1.165, 1.54) is 16.0 Å². The molecule has 1 fully saturated rings. The summed E-state index contributed by atoms with van der Waals surface area (Å²) < 4.78 is 10.8. The Hall–Kier alpha value is -3.39. The molecule has 2 aliphatic rings. The van der Waals surface area contributed by atoms with Crippen molar-refractivity contribution < 1.29 is 29.0 Å². The van der Waals surface area contributed by atoms with E-state index >= 15 is 0 Å². The molecule has 2 amide bonds. The van der Waals surface area contributed by atoms with Gasteiger partial charge in [-0.1, -0.05) is 62.4 Å². The van der Waals surface area contributed by atoms with Crippen molar-refractivity contribution in [1.82, 2.24) is 10.2 Å². The lowest BCUT2D eigenvalue weighted by atomic mass is 9.91. The number of alkyl carbamates (subject to hydrolysis) is 1. The van der Waals surface area contributed by atoms with Crippen molar-refractivity contribution in [2.45, 2.75) is 32.2 Å². The van der Waals surface area contributed by atoms with Gasteiger partial charge in [-0.3, -0.25) is 4.79 Å². The first-order valence-corrected chi connectivity index (χ1v) is 12.1. The van der Waals surface area contributed by atoms with E-state index in [-0.39, 0.29) is 56.4 Å². The lowest BCUT2D eigenvalue weighted by molar-refractivity contribution is -0.158. The van der Waals surface area contributed by atoms with Crippen molar-refractivity contribution in [1.29, 1.82) is 0 Å². The summed E-state index contributed by atoms with van der Waals surface area (Å²) in [5, 5.41) is 12.2. The number of fused-ring (bicyclic) bond motifs is 3. The Morgan fingerprint density at radius 1 is 1.09 bits per heavy atom. The number of carboxylic acid groups (broad SMARTS) is 1. The van der Waals surface area contributed by atoms with Gasteiger partial charge in [-0.15, -0.1) is 0 Å². The lowest BCUT2D eigenvalue weighted by Gasteiger charge is -2.34. The van der Waals surface area contributed by atoms with Crippen molar-refractivity contribution in [2.24, 2.45) is 11.8 Å². The first kappa shape index (κ1) is 24.7. The lowest BCUT2D eigenvalue weighted by Crippen LogP contribution is -2.53. The zero-order chi connectivity index (χ0) is 24.9. The highest BCUT2D eigenvalue weighted by molar-refractivity contribution is 5.84. The molecule has 186 valence electrons. The van der Waals surface area contributed by atoms with Gasteiger partial charge in [-0.25, -0.2) is 9.59 Å². The van der Waals surface area contributed by atoms with Crippen LogP contribution in [0.3, 0.4) is 0 Å². The molecule has 1 aliphatic heterocycles. The maximum atomic E-state index is 12.9. The first-order valence-electron chi connectivity index (χ1n) is 12.1. The fourth-order valence-electron chi connectivity index (χ4n) is 4.86. The normalized spacial score (nSPS) is 18.0. The monoisotopic (exact) mass is 480 g/mol. The van der Waals surface area contributed by atoms with Crippen molar-refractivity contribution in [3.63, 3.8) is 0 Å². The Balaban J connectivity index is 1.32. The van der Waals surface area contributed by atoms with Gasteiger partial charge in [0, 0.05) is 25.4 Å². The summed E-state index contributed by atoms with van der Waals surface area (Å²) in [6, 6.07) is 15.3. The summed E-state index contributed by atoms with van der Waals surface area (Å²) in [6.07, 6.45) is -0.384. The maximum absolute atomic E-state index is 12.9. The van der Waals surface area contributed by atoms with Crippen LogP contribution >= 0.6 is 0 Å². The summed E-state index contributed by atoms with van der Waals surface area (Å²) in [7, 11) is 0. The van der Waals surface area contributed by atoms with Crippen LogP contribution in [-0.4, -0.2) is 66.9 Å². The number of nitrogens with one attached hydrogen (secondary N) is 1. The highest BCUT2D eigenvalue weighted by Crippen LogP contribution is 2.44. The Morgan fingerprint density at radius 2 is 1.71 bits per heavy atom. The molecule has 2 atom stereocenters. The molecule has 0 spiro atoms. The fourth-order valence-corrected chi connectivity index (χ4v) is 4.86. The number of nitrogens with zero attached hydrogens (tertiary/aromatic N) is 1. The van der Waals surface area contributed by atoms with Crippen LogP contribution in [-0.2, 0) is 19.1 Å². The zero-order valence-electron chi connectivity index (χ0n) is 20.1. The minimum absolute atomic E-state index is 0.00851. The quantitative estimate of drug-likeness (QED) is 0.599. The Morgan fingerprint density at radius 3 is 2.31 bits per heavy atom. The number of rotatable bonds is 8. The second-order valence-electron chi connectivity index (χ2n) is 9.43. The van der Waals surface area contributed by atoms with Crippen LogP contribution in [0.5, 0.6) is 0 Å². The largest absolute Gasteiger partial charge is 0.480 e. The van der Waals surface area contributed by atoms with Crippen LogP contribution in [0, 0.1) is 11.8 Å². The molecule has 0 bridgehead atoms. The third-order valence-electron chi connectivity index (χ3n) is 6.97. The summed E-state index contributed by atoms with van der Waals surface area (Å²) in [4.78, 5) is 38.3. The van der Waals surface area contributed by atoms with E-state index in [1.54, 1.807) is 0 Å². The zero-order valence-corrected chi connectivity index (χ0v) is 20.1. The van der Waals surface area contributed by atoms with E-state index in [0.717, 1.165) is 11.1 Å². The molecule has 1 heterocycles. The minimum Gasteiger partial charge on any atom is -0.480 e. The van der Waals surface area contributed by atoms with Gasteiger partial charge >= 0.3 is 12.1 Å². The molecule has 1 aliphatic carbocycles. The fraction of sp³-hybridized carbons (Fsp3) is 0.444. The molecule has 0 aromatic heterocycles. The van der Waals surface area contributed by atoms with Crippen LogP contribution in [0.25, 0.3) is 11.1 Å². The van der Waals surface area contributed by atoms with Gasteiger partial charge in [-0.05, 0) is 34.1 Å². The van der Waals surface area contributed by atoms with Gasteiger partial charge in [0.15, 0.2) is 6.04 Å². The predicted octanol–water partition coefficient (Wildman–Crippen LogP) is 3.50. The average molecular weight is 481 g/mol. The molecule has 2 aromatic rings. The molecule has 1 saturated heterocycles. The van der Waals surface area contributed by atoms with Gasteiger partial charge in [0.2, 0.25) is 5.91 Å². The molecule has 2 unspecified atom stereocenters. The molecular weight excluding hydrogens is 448 g/mol. The summed E-state index contributed by atoms with van der Waals surface area (Å²) >= 11 is 0. The third-order valence-corrected chi connectivity index (χ3v) is 6.97. The van der Waals surface area contributed by atoms with E-state index in [4.69, 9.17) is 9.47 Å². The Labute approximate surface area is 205 Å². The van der Waals surface area contributed by atoms with Crippen LogP contribution in [0.2, 0.25) is 0 Å². The van der Waals surface area contributed by atoms with Crippen LogP contribution in [0.4, 0.5) is 4.79 Å². The van der Waals surface area contributed by atoms with E-state index in [1.807, 2.05) is 38.1 Å². The summed E-state index contributed by atoms with van der Waals surface area (Å²) in [6.45, 7) is 5.00. The van der Waals surface area contributed by atoms with Gasteiger partial charge < -0.3 is 24.8 Å².